The van der Waals surface area contributed by atoms with Crippen LogP contribution in [0.1, 0.15) is 12.8 Å². The van der Waals surface area contributed by atoms with Gasteiger partial charge in [0.1, 0.15) is 0 Å². The lowest BCUT2D eigenvalue weighted by molar-refractivity contribution is -0.129. The Morgan fingerprint density at radius 3 is 2.53 bits per heavy atom. The summed E-state index contributed by atoms with van der Waals surface area (Å²) in [7, 11) is 0. The third kappa shape index (κ3) is 4.37. The quantitative estimate of drug-likeness (QED) is 0.856. The van der Waals surface area contributed by atoms with E-state index in [0.29, 0.717) is 13.2 Å². The molecular formula is C14H18N2O3. The highest BCUT2D eigenvalue weighted by Gasteiger charge is 2.21. The fourth-order valence-electron chi connectivity index (χ4n) is 2.00. The molecule has 0 aromatic heterocycles. The van der Waals surface area contributed by atoms with Gasteiger partial charge >= 0.3 is 0 Å². The van der Waals surface area contributed by atoms with Gasteiger partial charge in [-0.15, -0.1) is 0 Å². The highest BCUT2D eigenvalue weighted by atomic mass is 16.5. The van der Waals surface area contributed by atoms with Gasteiger partial charge in [-0.05, 0) is 25.0 Å². The molecule has 0 saturated carbocycles. The van der Waals surface area contributed by atoms with E-state index >= 15 is 0 Å². The zero-order valence-electron chi connectivity index (χ0n) is 10.7. The minimum Gasteiger partial charge on any atom is -0.381 e. The van der Waals surface area contributed by atoms with Gasteiger partial charge in [0.2, 0.25) is 11.8 Å². The molecule has 5 nitrogen and oxygen atoms in total. The van der Waals surface area contributed by atoms with Gasteiger partial charge in [0, 0.05) is 24.8 Å². The average molecular weight is 262 g/mol. The van der Waals surface area contributed by atoms with E-state index in [2.05, 4.69) is 10.6 Å². The van der Waals surface area contributed by atoms with Crippen LogP contribution in [0, 0.1) is 5.92 Å². The molecule has 2 N–H and O–H groups in total. The highest BCUT2D eigenvalue weighted by molar-refractivity contribution is 5.94. The molecule has 0 bridgehead atoms. The van der Waals surface area contributed by atoms with Gasteiger partial charge in [-0.2, -0.15) is 0 Å². The molecule has 1 aromatic rings. The van der Waals surface area contributed by atoms with Gasteiger partial charge in [0.25, 0.3) is 0 Å². The number of ether oxygens (including phenoxy) is 1. The normalized spacial score (nSPS) is 15.8. The second-order valence-corrected chi connectivity index (χ2v) is 4.52. The Morgan fingerprint density at radius 2 is 1.84 bits per heavy atom. The lowest BCUT2D eigenvalue weighted by Crippen LogP contribution is -2.38. The second-order valence-electron chi connectivity index (χ2n) is 4.52. The van der Waals surface area contributed by atoms with Gasteiger partial charge in [-0.3, -0.25) is 9.59 Å². The van der Waals surface area contributed by atoms with Gasteiger partial charge in [-0.25, -0.2) is 0 Å². The first-order chi connectivity index (χ1) is 9.25. The zero-order chi connectivity index (χ0) is 13.5. The summed E-state index contributed by atoms with van der Waals surface area (Å²) < 4.78 is 5.20. The fraction of sp³-hybridized carbons (Fsp3) is 0.429. The van der Waals surface area contributed by atoms with E-state index in [0.717, 1.165) is 18.5 Å². The Morgan fingerprint density at radius 1 is 1.16 bits per heavy atom. The first-order valence-electron chi connectivity index (χ1n) is 6.46. The van der Waals surface area contributed by atoms with Crippen molar-refractivity contribution in [3.63, 3.8) is 0 Å². The largest absolute Gasteiger partial charge is 0.381 e. The highest BCUT2D eigenvalue weighted by Crippen LogP contribution is 2.14. The van der Waals surface area contributed by atoms with Crippen LogP contribution in [0.4, 0.5) is 5.69 Å². The molecule has 0 unspecified atom stereocenters. The maximum absolute atomic E-state index is 11.8. The SMILES string of the molecule is O=C(CNC(=O)C1CCOCC1)Nc1ccccc1. The van der Waals surface area contributed by atoms with Crippen molar-refractivity contribution >= 4 is 17.5 Å². The minimum absolute atomic E-state index is 0.00504. The van der Waals surface area contributed by atoms with Crippen molar-refractivity contribution in [2.75, 3.05) is 25.1 Å². The zero-order valence-corrected chi connectivity index (χ0v) is 10.7. The summed E-state index contributed by atoms with van der Waals surface area (Å²) in [6.45, 7) is 1.24. The van der Waals surface area contributed by atoms with Crippen LogP contribution in [-0.4, -0.2) is 31.6 Å². The van der Waals surface area contributed by atoms with Gasteiger partial charge < -0.3 is 15.4 Å². The Bertz CT molecular complexity index is 428. The first-order valence-corrected chi connectivity index (χ1v) is 6.46. The van der Waals surface area contributed by atoms with Crippen molar-refractivity contribution in [3.05, 3.63) is 30.3 Å². The van der Waals surface area contributed by atoms with Crippen molar-refractivity contribution in [3.8, 4) is 0 Å². The number of carbonyl (C=O) groups is 2. The molecule has 0 aliphatic carbocycles. The molecule has 1 aromatic carbocycles. The average Bonchev–Trinajstić information content (AvgIpc) is 2.47. The summed E-state index contributed by atoms with van der Waals surface area (Å²) in [5.41, 5.74) is 0.729. The first kappa shape index (κ1) is 13.5. The summed E-state index contributed by atoms with van der Waals surface area (Å²) in [4.78, 5) is 23.5. The Labute approximate surface area is 112 Å². The number of amides is 2. The van der Waals surface area contributed by atoms with Crippen LogP contribution in [-0.2, 0) is 14.3 Å². The van der Waals surface area contributed by atoms with Crippen LogP contribution >= 0.6 is 0 Å². The fourth-order valence-corrected chi connectivity index (χ4v) is 2.00. The van der Waals surface area contributed by atoms with Crippen LogP contribution in [0.2, 0.25) is 0 Å². The molecule has 1 saturated heterocycles. The van der Waals surface area contributed by atoms with Crippen LogP contribution in [0.5, 0.6) is 0 Å². The molecule has 5 heteroatoms. The van der Waals surface area contributed by atoms with Crippen molar-refractivity contribution in [2.24, 2.45) is 5.92 Å². The predicted octanol–water partition coefficient (Wildman–Crippen LogP) is 1.17. The molecule has 0 atom stereocenters. The molecule has 1 fully saturated rings. The third-order valence-corrected chi connectivity index (χ3v) is 3.07. The van der Waals surface area contributed by atoms with Crippen molar-refractivity contribution in [1.29, 1.82) is 0 Å². The summed E-state index contributed by atoms with van der Waals surface area (Å²) in [6.07, 6.45) is 1.46. The number of benzene rings is 1. The molecule has 2 rings (SSSR count). The standard InChI is InChI=1S/C14H18N2O3/c17-13(16-12-4-2-1-3-5-12)10-15-14(18)11-6-8-19-9-7-11/h1-5,11H,6-10H2,(H,15,18)(H,16,17). The summed E-state index contributed by atoms with van der Waals surface area (Å²) in [5.74, 6) is -0.309. The maximum atomic E-state index is 11.8. The maximum Gasteiger partial charge on any atom is 0.243 e. The molecule has 0 spiro atoms. The van der Waals surface area contributed by atoms with E-state index in [1.54, 1.807) is 12.1 Å². The third-order valence-electron chi connectivity index (χ3n) is 3.07. The number of para-hydroxylation sites is 1. The predicted molar refractivity (Wildman–Crippen MR) is 71.6 cm³/mol. The molecule has 19 heavy (non-hydrogen) atoms. The van der Waals surface area contributed by atoms with Crippen molar-refractivity contribution in [1.82, 2.24) is 5.32 Å². The molecule has 2 amide bonds. The monoisotopic (exact) mass is 262 g/mol. The number of carbonyl (C=O) groups excluding carboxylic acids is 2. The van der Waals surface area contributed by atoms with Crippen LogP contribution in [0.3, 0.4) is 0 Å². The lowest BCUT2D eigenvalue weighted by Gasteiger charge is -2.21. The van der Waals surface area contributed by atoms with Crippen molar-refractivity contribution in [2.45, 2.75) is 12.8 Å². The van der Waals surface area contributed by atoms with E-state index in [1.807, 2.05) is 18.2 Å². The summed E-state index contributed by atoms with van der Waals surface area (Å²) in [6, 6.07) is 9.17. The number of nitrogens with one attached hydrogen (secondary N) is 2. The minimum atomic E-state index is -0.216. The van der Waals surface area contributed by atoms with E-state index in [-0.39, 0.29) is 24.3 Å². The summed E-state index contributed by atoms with van der Waals surface area (Å²) in [5, 5.41) is 5.39. The topological polar surface area (TPSA) is 67.4 Å². The van der Waals surface area contributed by atoms with E-state index in [1.165, 1.54) is 0 Å². The van der Waals surface area contributed by atoms with E-state index < -0.39 is 0 Å². The molecule has 1 heterocycles. The van der Waals surface area contributed by atoms with Gasteiger partial charge in [0.05, 0.1) is 6.54 Å². The van der Waals surface area contributed by atoms with E-state index in [4.69, 9.17) is 4.74 Å². The smallest absolute Gasteiger partial charge is 0.243 e. The summed E-state index contributed by atoms with van der Waals surface area (Å²) >= 11 is 0. The number of hydrogen-bond donors (Lipinski definition) is 2. The molecule has 1 aliphatic heterocycles. The Kier molecular flexibility index (Phi) is 4.92. The van der Waals surface area contributed by atoms with Crippen molar-refractivity contribution < 1.29 is 14.3 Å². The second kappa shape index (κ2) is 6.89. The van der Waals surface area contributed by atoms with Gasteiger partial charge in [0.15, 0.2) is 0 Å². The Balaban J connectivity index is 1.72. The van der Waals surface area contributed by atoms with Crippen LogP contribution in [0.15, 0.2) is 30.3 Å². The molecule has 102 valence electrons. The lowest BCUT2D eigenvalue weighted by atomic mass is 9.99. The number of anilines is 1. The molecule has 1 aliphatic rings. The van der Waals surface area contributed by atoms with E-state index in [9.17, 15) is 9.59 Å². The number of rotatable bonds is 4. The van der Waals surface area contributed by atoms with Crippen LogP contribution in [0.25, 0.3) is 0 Å². The Hall–Kier alpha value is -1.88. The molecule has 0 radical (unpaired) electrons. The van der Waals surface area contributed by atoms with Crippen LogP contribution < -0.4 is 10.6 Å². The molecular weight excluding hydrogens is 244 g/mol. The van der Waals surface area contributed by atoms with Gasteiger partial charge in [-0.1, -0.05) is 18.2 Å². The number of hydrogen-bond acceptors (Lipinski definition) is 3.